The topological polar surface area (TPSA) is 91.1 Å². The molecule has 134 valence electrons. The normalized spacial score (nSPS) is 22.9. The number of rotatable bonds is 5. The number of carbonyl (C=O) groups excluding carboxylic acids is 3. The van der Waals surface area contributed by atoms with Crippen molar-refractivity contribution in [1.29, 1.82) is 0 Å². The third kappa shape index (κ3) is 3.96. The van der Waals surface area contributed by atoms with Crippen molar-refractivity contribution in [3.8, 4) is 0 Å². The number of furan rings is 1. The average molecular weight is 364 g/mol. The van der Waals surface area contributed by atoms with Gasteiger partial charge in [0.15, 0.2) is 0 Å². The molecule has 0 spiro atoms. The fourth-order valence-corrected chi connectivity index (χ4v) is 3.96. The largest absolute Gasteiger partial charge is 0.465 e. The minimum Gasteiger partial charge on any atom is -0.465 e. The Balaban J connectivity index is 1.68. The van der Waals surface area contributed by atoms with Crippen LogP contribution < -0.4 is 0 Å². The monoisotopic (exact) mass is 364 g/mol. The van der Waals surface area contributed by atoms with Crippen LogP contribution in [0, 0.1) is 0 Å². The Labute approximate surface area is 149 Å². The molecule has 2 saturated heterocycles. The Morgan fingerprint density at radius 2 is 2.24 bits per heavy atom. The van der Waals surface area contributed by atoms with Gasteiger partial charge in [0.1, 0.15) is 12.3 Å². The van der Waals surface area contributed by atoms with E-state index in [9.17, 15) is 14.4 Å². The highest BCUT2D eigenvalue weighted by atomic mass is 32.2. The fraction of sp³-hybridized carbons (Fsp3) is 0.471. The third-order valence-corrected chi connectivity index (χ3v) is 5.30. The molecule has 25 heavy (non-hydrogen) atoms. The van der Waals surface area contributed by atoms with E-state index in [1.54, 1.807) is 17.0 Å². The molecule has 1 atom stereocenters. The lowest BCUT2D eigenvalue weighted by atomic mass is 9.99. The number of likely N-dealkylation sites (tertiary alicyclic amines) is 1. The molecule has 8 heteroatoms. The summed E-state index contributed by atoms with van der Waals surface area (Å²) in [6, 6.07) is 3.36. The standard InChI is InChI=1S/C17H20N2O5S/c20-8-6-12-4-1-2-7-18(12)15(21)11-19-16(22)14(25-17(19)23)10-13-5-3-9-24-13/h3,5,9-10,12,20H,1-2,4,6-8,11H2/b14-10-/t12-/m0/s1. The summed E-state index contributed by atoms with van der Waals surface area (Å²) in [6.45, 7) is 0.353. The van der Waals surface area contributed by atoms with Crippen molar-refractivity contribution in [1.82, 2.24) is 9.80 Å². The van der Waals surface area contributed by atoms with Gasteiger partial charge in [-0.1, -0.05) is 0 Å². The van der Waals surface area contributed by atoms with Crippen molar-refractivity contribution in [2.24, 2.45) is 0 Å². The summed E-state index contributed by atoms with van der Waals surface area (Å²) in [4.78, 5) is 40.1. The first-order valence-corrected chi connectivity index (χ1v) is 9.11. The first-order valence-electron chi connectivity index (χ1n) is 8.29. The SMILES string of the molecule is O=C1S/C(=C\c2ccco2)C(=O)N1CC(=O)N1CCCC[C@H]1CCO. The van der Waals surface area contributed by atoms with Crippen molar-refractivity contribution in [2.75, 3.05) is 19.7 Å². The molecule has 1 N–H and O–H groups in total. The van der Waals surface area contributed by atoms with E-state index in [4.69, 9.17) is 9.52 Å². The number of carbonyl (C=O) groups is 3. The van der Waals surface area contributed by atoms with Gasteiger partial charge >= 0.3 is 0 Å². The number of piperidine rings is 1. The Hall–Kier alpha value is -2.06. The van der Waals surface area contributed by atoms with Gasteiger partial charge in [-0.15, -0.1) is 0 Å². The van der Waals surface area contributed by atoms with Gasteiger partial charge in [0.25, 0.3) is 11.1 Å². The van der Waals surface area contributed by atoms with E-state index >= 15 is 0 Å². The van der Waals surface area contributed by atoms with Crippen LogP contribution in [0.3, 0.4) is 0 Å². The second-order valence-electron chi connectivity index (χ2n) is 6.03. The second kappa shape index (κ2) is 7.88. The zero-order chi connectivity index (χ0) is 17.8. The van der Waals surface area contributed by atoms with Crippen LogP contribution in [-0.2, 0) is 9.59 Å². The minimum absolute atomic E-state index is 0.0158. The number of imide groups is 1. The molecule has 0 bridgehead atoms. The molecule has 3 heterocycles. The highest BCUT2D eigenvalue weighted by Gasteiger charge is 2.38. The van der Waals surface area contributed by atoms with Crippen LogP contribution in [0.2, 0.25) is 0 Å². The predicted molar refractivity (Wildman–Crippen MR) is 92.4 cm³/mol. The van der Waals surface area contributed by atoms with Gasteiger partial charge in [-0.25, -0.2) is 0 Å². The van der Waals surface area contributed by atoms with Crippen molar-refractivity contribution < 1.29 is 23.9 Å². The van der Waals surface area contributed by atoms with E-state index in [0.717, 1.165) is 35.9 Å². The number of thioether (sulfide) groups is 1. The first kappa shape index (κ1) is 17.8. The van der Waals surface area contributed by atoms with Crippen molar-refractivity contribution >= 4 is 34.9 Å². The number of hydrogen-bond donors (Lipinski definition) is 1. The molecular formula is C17H20N2O5S. The summed E-state index contributed by atoms with van der Waals surface area (Å²) in [5.41, 5.74) is 0. The van der Waals surface area contributed by atoms with Gasteiger partial charge in [-0.05, 0) is 49.6 Å². The van der Waals surface area contributed by atoms with Gasteiger partial charge < -0.3 is 14.4 Å². The number of amides is 3. The van der Waals surface area contributed by atoms with Crippen molar-refractivity contribution in [2.45, 2.75) is 31.7 Å². The van der Waals surface area contributed by atoms with Crippen molar-refractivity contribution in [3.63, 3.8) is 0 Å². The minimum atomic E-state index is -0.476. The molecule has 2 aliphatic heterocycles. The molecule has 0 unspecified atom stereocenters. The molecule has 2 aliphatic rings. The Morgan fingerprint density at radius 3 is 2.96 bits per heavy atom. The van der Waals surface area contributed by atoms with Gasteiger partial charge in [0.2, 0.25) is 5.91 Å². The maximum atomic E-state index is 12.6. The van der Waals surface area contributed by atoms with Crippen LogP contribution >= 0.6 is 11.8 Å². The molecule has 3 rings (SSSR count). The molecule has 3 amide bonds. The van der Waals surface area contributed by atoms with E-state index in [0.29, 0.717) is 18.7 Å². The molecule has 0 aromatic carbocycles. The zero-order valence-electron chi connectivity index (χ0n) is 13.7. The second-order valence-corrected chi connectivity index (χ2v) is 7.03. The van der Waals surface area contributed by atoms with Gasteiger partial charge in [0.05, 0.1) is 11.2 Å². The summed E-state index contributed by atoms with van der Waals surface area (Å²) < 4.78 is 5.16. The number of aliphatic hydroxyl groups is 1. The number of hydrogen-bond acceptors (Lipinski definition) is 6. The van der Waals surface area contributed by atoms with Gasteiger partial charge in [-0.3, -0.25) is 19.3 Å². The van der Waals surface area contributed by atoms with Crippen molar-refractivity contribution in [3.05, 3.63) is 29.1 Å². The van der Waals surface area contributed by atoms with E-state index in [-0.39, 0.29) is 30.0 Å². The molecule has 2 fully saturated rings. The summed E-state index contributed by atoms with van der Waals surface area (Å²) in [5.74, 6) is -0.244. The van der Waals surface area contributed by atoms with Gasteiger partial charge in [-0.2, -0.15) is 0 Å². The summed E-state index contributed by atoms with van der Waals surface area (Å²) in [7, 11) is 0. The molecule has 0 aliphatic carbocycles. The summed E-state index contributed by atoms with van der Waals surface area (Å²) in [6.07, 6.45) is 6.26. The lowest BCUT2D eigenvalue weighted by Crippen LogP contribution is -2.49. The van der Waals surface area contributed by atoms with Crippen LogP contribution in [0.4, 0.5) is 4.79 Å². The molecule has 0 radical (unpaired) electrons. The van der Waals surface area contributed by atoms with Crippen LogP contribution in [0.5, 0.6) is 0 Å². The predicted octanol–water partition coefficient (Wildman–Crippen LogP) is 2.08. The smallest absolute Gasteiger partial charge is 0.294 e. The molecular weight excluding hydrogens is 344 g/mol. The highest BCUT2D eigenvalue weighted by Crippen LogP contribution is 2.32. The Morgan fingerprint density at radius 1 is 1.40 bits per heavy atom. The van der Waals surface area contributed by atoms with Crippen LogP contribution in [0.1, 0.15) is 31.4 Å². The lowest BCUT2D eigenvalue weighted by Gasteiger charge is -2.36. The third-order valence-electron chi connectivity index (χ3n) is 4.39. The van der Waals surface area contributed by atoms with E-state index in [2.05, 4.69) is 0 Å². The molecule has 1 aromatic rings. The van der Waals surface area contributed by atoms with E-state index < -0.39 is 11.1 Å². The molecule has 0 saturated carbocycles. The molecule has 7 nitrogen and oxygen atoms in total. The summed E-state index contributed by atoms with van der Waals surface area (Å²) >= 11 is 0.808. The average Bonchev–Trinajstić information content (AvgIpc) is 3.20. The van der Waals surface area contributed by atoms with Crippen LogP contribution in [0.15, 0.2) is 27.7 Å². The van der Waals surface area contributed by atoms with Gasteiger partial charge in [0, 0.05) is 25.3 Å². The zero-order valence-corrected chi connectivity index (χ0v) is 14.5. The maximum absolute atomic E-state index is 12.6. The van der Waals surface area contributed by atoms with Crippen LogP contribution in [-0.4, -0.2) is 57.7 Å². The first-order chi connectivity index (χ1) is 12.1. The van der Waals surface area contributed by atoms with E-state index in [1.807, 2.05) is 0 Å². The Bertz CT molecular complexity index is 683. The summed E-state index contributed by atoms with van der Waals surface area (Å²) in [5, 5.41) is 8.72. The Kier molecular flexibility index (Phi) is 5.60. The fourth-order valence-electron chi connectivity index (χ4n) is 3.14. The quantitative estimate of drug-likeness (QED) is 0.805. The number of aliphatic hydroxyl groups excluding tert-OH is 1. The number of nitrogens with zero attached hydrogens (tertiary/aromatic N) is 2. The van der Waals surface area contributed by atoms with E-state index in [1.165, 1.54) is 12.3 Å². The lowest BCUT2D eigenvalue weighted by molar-refractivity contribution is -0.139. The molecule has 1 aromatic heterocycles. The maximum Gasteiger partial charge on any atom is 0.294 e. The highest BCUT2D eigenvalue weighted by molar-refractivity contribution is 8.18. The van der Waals surface area contributed by atoms with Crippen LogP contribution in [0.25, 0.3) is 6.08 Å².